The van der Waals surface area contributed by atoms with Crippen LogP contribution >= 0.6 is 15.9 Å². The van der Waals surface area contributed by atoms with Crippen molar-refractivity contribution in [1.82, 2.24) is 10.7 Å². The second kappa shape index (κ2) is 14.0. The lowest BCUT2D eigenvalue weighted by molar-refractivity contribution is -0.120. The summed E-state index contributed by atoms with van der Waals surface area (Å²) < 4.78 is 17.6. The fourth-order valence-corrected chi connectivity index (χ4v) is 3.85. The molecule has 0 aliphatic rings. The predicted molar refractivity (Wildman–Crippen MR) is 147 cm³/mol. The number of rotatable bonds is 12. The topological polar surface area (TPSA) is 98.2 Å². The molecule has 0 atom stereocenters. The van der Waals surface area contributed by atoms with E-state index in [4.69, 9.17) is 14.2 Å². The van der Waals surface area contributed by atoms with Gasteiger partial charge in [0.2, 0.25) is 5.91 Å². The molecule has 0 aliphatic heterocycles. The summed E-state index contributed by atoms with van der Waals surface area (Å²) in [7, 11) is 1.56. The van der Waals surface area contributed by atoms with Crippen LogP contribution in [0, 0.1) is 6.92 Å². The number of aryl methyl sites for hydroxylation is 1. The zero-order valence-corrected chi connectivity index (χ0v) is 22.6. The molecular formula is C28H30BrN3O5. The molecule has 3 aromatic carbocycles. The second-order valence-electron chi connectivity index (χ2n) is 8.06. The van der Waals surface area contributed by atoms with Crippen molar-refractivity contribution in [3.8, 4) is 17.2 Å². The lowest BCUT2D eigenvalue weighted by atomic mass is 10.2. The van der Waals surface area contributed by atoms with Crippen molar-refractivity contribution >= 4 is 34.0 Å². The number of amides is 2. The number of nitrogens with zero attached hydrogens (tertiary/aromatic N) is 1. The van der Waals surface area contributed by atoms with Crippen LogP contribution in [-0.4, -0.2) is 38.3 Å². The minimum absolute atomic E-state index is 0.0823. The third kappa shape index (κ3) is 8.64. The summed E-state index contributed by atoms with van der Waals surface area (Å²) in [6.45, 7) is 4.98. The monoisotopic (exact) mass is 567 g/mol. The highest BCUT2D eigenvalue weighted by molar-refractivity contribution is 9.10. The van der Waals surface area contributed by atoms with Gasteiger partial charge in [-0.3, -0.25) is 9.59 Å². The van der Waals surface area contributed by atoms with E-state index >= 15 is 0 Å². The van der Waals surface area contributed by atoms with E-state index in [1.165, 1.54) is 11.8 Å². The van der Waals surface area contributed by atoms with Gasteiger partial charge in [0.15, 0.2) is 11.5 Å². The van der Waals surface area contributed by atoms with E-state index in [0.717, 1.165) is 5.56 Å². The van der Waals surface area contributed by atoms with Crippen LogP contribution in [0.2, 0.25) is 0 Å². The minimum atomic E-state index is -0.326. The molecule has 0 saturated heterocycles. The average molecular weight is 568 g/mol. The van der Waals surface area contributed by atoms with Crippen LogP contribution < -0.4 is 25.0 Å². The van der Waals surface area contributed by atoms with Gasteiger partial charge in [-0.15, -0.1) is 0 Å². The summed E-state index contributed by atoms with van der Waals surface area (Å²) >= 11 is 3.55. The Morgan fingerprint density at radius 3 is 2.43 bits per heavy atom. The van der Waals surface area contributed by atoms with Crippen molar-refractivity contribution in [2.45, 2.75) is 26.9 Å². The van der Waals surface area contributed by atoms with E-state index in [2.05, 4.69) is 31.8 Å². The average Bonchev–Trinajstić information content (AvgIpc) is 2.89. The van der Waals surface area contributed by atoms with E-state index in [1.54, 1.807) is 37.4 Å². The predicted octanol–water partition coefficient (Wildman–Crippen LogP) is 5.01. The van der Waals surface area contributed by atoms with Gasteiger partial charge in [-0.25, -0.2) is 5.43 Å². The van der Waals surface area contributed by atoms with E-state index < -0.39 is 0 Å². The van der Waals surface area contributed by atoms with Gasteiger partial charge in [0.25, 0.3) is 5.91 Å². The number of halogens is 1. The maximum atomic E-state index is 12.2. The lowest BCUT2D eigenvalue weighted by Crippen LogP contribution is -2.29. The number of hydrogen-bond donors (Lipinski definition) is 2. The maximum absolute atomic E-state index is 12.2. The van der Waals surface area contributed by atoms with Crippen LogP contribution in [-0.2, 0) is 11.4 Å². The maximum Gasteiger partial charge on any atom is 0.251 e. The standard InChI is InChI=1S/C28H30BrN3O5/c1-4-36-25-16-21(15-24(29)27(25)37-18-20-7-5-19(2)6-8-20)17-31-32-26(33)13-14-30-28(34)22-9-11-23(35-3)12-10-22/h5-12,15-17H,4,13-14,18H2,1-3H3,(H,30,34)(H,32,33). The number of hydrazone groups is 1. The Morgan fingerprint density at radius 2 is 1.76 bits per heavy atom. The first-order valence-electron chi connectivity index (χ1n) is 11.8. The smallest absolute Gasteiger partial charge is 0.251 e. The third-order valence-corrected chi connectivity index (χ3v) is 5.82. The number of ether oxygens (including phenoxy) is 3. The highest BCUT2D eigenvalue weighted by Crippen LogP contribution is 2.37. The first kappa shape index (κ1) is 27.7. The summed E-state index contributed by atoms with van der Waals surface area (Å²) in [4.78, 5) is 24.3. The molecule has 0 radical (unpaired) electrons. The summed E-state index contributed by atoms with van der Waals surface area (Å²) in [6.07, 6.45) is 1.60. The van der Waals surface area contributed by atoms with Crippen molar-refractivity contribution in [1.29, 1.82) is 0 Å². The highest BCUT2D eigenvalue weighted by atomic mass is 79.9. The summed E-state index contributed by atoms with van der Waals surface area (Å²) in [5.41, 5.74) is 5.91. The molecule has 0 bridgehead atoms. The number of carbonyl (C=O) groups excluding carboxylic acids is 2. The number of methoxy groups -OCH3 is 1. The highest BCUT2D eigenvalue weighted by Gasteiger charge is 2.13. The molecule has 0 aliphatic carbocycles. The van der Waals surface area contributed by atoms with E-state index in [1.807, 2.05) is 44.2 Å². The second-order valence-corrected chi connectivity index (χ2v) is 8.92. The molecule has 9 heteroatoms. The Bertz CT molecular complexity index is 1230. The van der Waals surface area contributed by atoms with Gasteiger partial charge < -0.3 is 19.5 Å². The lowest BCUT2D eigenvalue weighted by Gasteiger charge is -2.15. The summed E-state index contributed by atoms with van der Waals surface area (Å²) in [6, 6.07) is 18.5. The molecule has 0 spiro atoms. The molecule has 3 rings (SSSR count). The Morgan fingerprint density at radius 1 is 1.03 bits per heavy atom. The fraction of sp³-hybridized carbons (Fsp3) is 0.250. The van der Waals surface area contributed by atoms with Gasteiger partial charge in [0, 0.05) is 18.5 Å². The molecule has 8 nitrogen and oxygen atoms in total. The first-order valence-corrected chi connectivity index (χ1v) is 12.6. The molecule has 0 heterocycles. The molecular weight excluding hydrogens is 538 g/mol. The molecule has 2 N–H and O–H groups in total. The Balaban J connectivity index is 1.51. The number of nitrogens with one attached hydrogen (secondary N) is 2. The van der Waals surface area contributed by atoms with Crippen LogP contribution in [0.15, 0.2) is 70.2 Å². The molecule has 0 aromatic heterocycles. The van der Waals surface area contributed by atoms with Crippen molar-refractivity contribution in [2.75, 3.05) is 20.3 Å². The largest absolute Gasteiger partial charge is 0.497 e. The van der Waals surface area contributed by atoms with Gasteiger partial charge in [0.1, 0.15) is 12.4 Å². The Hall–Kier alpha value is -3.85. The quantitative estimate of drug-likeness (QED) is 0.236. The van der Waals surface area contributed by atoms with E-state index in [-0.39, 0.29) is 24.8 Å². The number of benzene rings is 3. The molecule has 3 aromatic rings. The normalized spacial score (nSPS) is 10.7. The third-order valence-electron chi connectivity index (χ3n) is 5.23. The van der Waals surface area contributed by atoms with Crippen LogP contribution in [0.1, 0.15) is 40.4 Å². The van der Waals surface area contributed by atoms with Crippen molar-refractivity contribution in [2.24, 2.45) is 5.10 Å². The number of hydrogen-bond acceptors (Lipinski definition) is 6. The van der Waals surface area contributed by atoms with Gasteiger partial charge in [0.05, 0.1) is 24.4 Å². The van der Waals surface area contributed by atoms with Crippen LogP contribution in [0.3, 0.4) is 0 Å². The van der Waals surface area contributed by atoms with Crippen molar-refractivity contribution < 1.29 is 23.8 Å². The van der Waals surface area contributed by atoms with Crippen LogP contribution in [0.4, 0.5) is 0 Å². The Kier molecular flexibility index (Phi) is 10.5. The molecule has 37 heavy (non-hydrogen) atoms. The van der Waals surface area contributed by atoms with Crippen LogP contribution in [0.5, 0.6) is 17.2 Å². The molecule has 194 valence electrons. The first-order chi connectivity index (χ1) is 17.9. The summed E-state index contributed by atoms with van der Waals surface area (Å²) in [5, 5.41) is 6.73. The zero-order chi connectivity index (χ0) is 26.6. The summed E-state index contributed by atoms with van der Waals surface area (Å²) in [5.74, 6) is 1.23. The van der Waals surface area contributed by atoms with E-state index in [0.29, 0.717) is 46.1 Å². The van der Waals surface area contributed by atoms with Crippen LogP contribution in [0.25, 0.3) is 0 Å². The molecule has 0 fully saturated rings. The SMILES string of the molecule is CCOc1cc(C=NNC(=O)CCNC(=O)c2ccc(OC)cc2)cc(Br)c1OCc1ccc(C)cc1. The molecule has 0 saturated carbocycles. The van der Waals surface area contributed by atoms with Crippen molar-refractivity contribution in [3.63, 3.8) is 0 Å². The van der Waals surface area contributed by atoms with Crippen molar-refractivity contribution in [3.05, 3.63) is 87.4 Å². The minimum Gasteiger partial charge on any atom is -0.497 e. The van der Waals surface area contributed by atoms with Gasteiger partial charge >= 0.3 is 0 Å². The van der Waals surface area contributed by atoms with E-state index in [9.17, 15) is 9.59 Å². The Labute approximate surface area is 225 Å². The fourth-order valence-electron chi connectivity index (χ4n) is 3.27. The zero-order valence-electron chi connectivity index (χ0n) is 21.0. The molecule has 0 unspecified atom stereocenters. The van der Waals surface area contributed by atoms with Gasteiger partial charge in [-0.05, 0) is 77.3 Å². The van der Waals surface area contributed by atoms with Gasteiger partial charge in [-0.2, -0.15) is 5.10 Å². The number of carbonyl (C=O) groups is 2. The molecule has 2 amide bonds. The van der Waals surface area contributed by atoms with Gasteiger partial charge in [-0.1, -0.05) is 29.8 Å².